The fraction of sp³-hybridized carbons (Fsp3) is 0.118. The molecule has 122 valence electrons. The van der Waals surface area contributed by atoms with E-state index in [1.165, 1.54) is 6.33 Å². The van der Waals surface area contributed by atoms with Crippen LogP contribution in [0.3, 0.4) is 0 Å². The normalized spacial score (nSPS) is 11.8. The molecule has 2 aromatic carbocycles. The topological polar surface area (TPSA) is 69.0 Å². The first-order valence-corrected chi connectivity index (χ1v) is 8.05. The first-order valence-electron chi connectivity index (χ1n) is 7.25. The van der Waals surface area contributed by atoms with Crippen molar-refractivity contribution in [3.8, 4) is 5.75 Å². The average Bonchev–Trinajstić information content (AvgIpc) is 2.98. The van der Waals surface area contributed by atoms with Crippen LogP contribution in [-0.2, 0) is 11.8 Å². The number of hydrogen-bond donors (Lipinski definition) is 1. The molecule has 7 heteroatoms. The third-order valence-corrected chi connectivity index (χ3v) is 3.83. The second kappa shape index (κ2) is 7.27. The molecule has 24 heavy (non-hydrogen) atoms. The lowest BCUT2D eigenvalue weighted by atomic mass is 10.1. The van der Waals surface area contributed by atoms with Crippen molar-refractivity contribution < 1.29 is 9.53 Å². The highest BCUT2D eigenvalue weighted by atomic mass is 79.9. The Labute approximate surface area is 147 Å². The van der Waals surface area contributed by atoms with Gasteiger partial charge in [0.1, 0.15) is 12.1 Å². The highest BCUT2D eigenvalue weighted by molar-refractivity contribution is 9.10. The minimum atomic E-state index is -0.808. The van der Waals surface area contributed by atoms with Crippen LogP contribution in [0.25, 0.3) is 0 Å². The summed E-state index contributed by atoms with van der Waals surface area (Å²) in [6, 6.07) is 16.7. The molecule has 0 fully saturated rings. The minimum Gasteiger partial charge on any atom is -0.476 e. The van der Waals surface area contributed by atoms with E-state index in [0.29, 0.717) is 11.7 Å². The van der Waals surface area contributed by atoms with Crippen LogP contribution in [0, 0.1) is 0 Å². The van der Waals surface area contributed by atoms with Gasteiger partial charge in [0, 0.05) is 17.1 Å². The molecule has 1 atom stereocenters. The lowest BCUT2D eigenvalue weighted by molar-refractivity contribution is -0.123. The predicted molar refractivity (Wildman–Crippen MR) is 93.6 cm³/mol. The quantitative estimate of drug-likeness (QED) is 0.729. The number of amides is 1. The van der Waals surface area contributed by atoms with E-state index in [1.54, 1.807) is 17.7 Å². The number of ether oxygens (including phenoxy) is 1. The minimum absolute atomic E-state index is 0.322. The van der Waals surface area contributed by atoms with Crippen molar-refractivity contribution in [3.63, 3.8) is 0 Å². The zero-order chi connectivity index (χ0) is 16.9. The Hall–Kier alpha value is -2.67. The molecule has 1 heterocycles. The van der Waals surface area contributed by atoms with E-state index < -0.39 is 6.10 Å². The number of rotatable bonds is 5. The summed E-state index contributed by atoms with van der Waals surface area (Å²) >= 11 is 3.40. The summed E-state index contributed by atoms with van der Waals surface area (Å²) < 4.78 is 8.43. The van der Waals surface area contributed by atoms with Crippen LogP contribution in [0.15, 0.2) is 65.4 Å². The number of aryl methyl sites for hydroxylation is 1. The van der Waals surface area contributed by atoms with E-state index in [-0.39, 0.29) is 5.91 Å². The molecule has 1 aromatic heterocycles. The summed E-state index contributed by atoms with van der Waals surface area (Å²) in [7, 11) is 1.75. The SMILES string of the molecule is Cn1cnnc1NC(=O)[C@@H](Oc1cccc(Br)c1)c1ccccc1. The van der Waals surface area contributed by atoms with Crippen molar-refractivity contribution >= 4 is 27.8 Å². The fourth-order valence-electron chi connectivity index (χ4n) is 2.15. The van der Waals surface area contributed by atoms with Crippen LogP contribution in [-0.4, -0.2) is 20.7 Å². The zero-order valence-electron chi connectivity index (χ0n) is 12.9. The Morgan fingerprint density at radius 3 is 2.67 bits per heavy atom. The maximum absolute atomic E-state index is 12.7. The van der Waals surface area contributed by atoms with Gasteiger partial charge in [0.2, 0.25) is 12.1 Å². The molecule has 1 N–H and O–H groups in total. The Morgan fingerprint density at radius 1 is 1.21 bits per heavy atom. The molecule has 0 aliphatic rings. The molecule has 1 amide bonds. The van der Waals surface area contributed by atoms with Crippen molar-refractivity contribution in [2.24, 2.45) is 7.05 Å². The number of aromatic nitrogens is 3. The summed E-state index contributed by atoms with van der Waals surface area (Å²) in [4.78, 5) is 12.7. The lowest BCUT2D eigenvalue weighted by Gasteiger charge is -2.19. The van der Waals surface area contributed by atoms with E-state index in [9.17, 15) is 4.79 Å². The summed E-state index contributed by atoms with van der Waals surface area (Å²) in [5, 5.41) is 10.4. The van der Waals surface area contributed by atoms with Crippen LogP contribution in [0.2, 0.25) is 0 Å². The third-order valence-electron chi connectivity index (χ3n) is 3.34. The Morgan fingerprint density at radius 2 is 2.00 bits per heavy atom. The van der Waals surface area contributed by atoms with Crippen LogP contribution >= 0.6 is 15.9 Å². The first-order chi connectivity index (χ1) is 11.6. The molecular formula is C17H15BrN4O2. The molecule has 0 radical (unpaired) electrons. The van der Waals surface area contributed by atoms with E-state index in [2.05, 4.69) is 31.4 Å². The molecule has 0 saturated carbocycles. The van der Waals surface area contributed by atoms with E-state index in [0.717, 1.165) is 10.0 Å². The van der Waals surface area contributed by atoms with Gasteiger partial charge in [0.25, 0.3) is 5.91 Å². The van der Waals surface area contributed by atoms with Crippen LogP contribution in [0.5, 0.6) is 5.75 Å². The highest BCUT2D eigenvalue weighted by Gasteiger charge is 2.24. The highest BCUT2D eigenvalue weighted by Crippen LogP contribution is 2.25. The average molecular weight is 387 g/mol. The third kappa shape index (κ3) is 3.80. The van der Waals surface area contributed by atoms with Gasteiger partial charge < -0.3 is 9.30 Å². The van der Waals surface area contributed by atoms with Gasteiger partial charge >= 0.3 is 0 Å². The smallest absolute Gasteiger partial charge is 0.272 e. The van der Waals surface area contributed by atoms with Gasteiger partial charge in [-0.1, -0.05) is 52.3 Å². The summed E-state index contributed by atoms with van der Waals surface area (Å²) in [6.07, 6.45) is 0.708. The van der Waals surface area contributed by atoms with Gasteiger partial charge in [0.05, 0.1) is 0 Å². The van der Waals surface area contributed by atoms with Gasteiger partial charge in [-0.2, -0.15) is 0 Å². The van der Waals surface area contributed by atoms with Crippen molar-refractivity contribution in [1.29, 1.82) is 0 Å². The predicted octanol–water partition coefficient (Wildman–Crippen LogP) is 3.34. The number of hydrogen-bond acceptors (Lipinski definition) is 4. The van der Waals surface area contributed by atoms with Gasteiger partial charge in [-0.3, -0.25) is 10.1 Å². The molecule has 3 aromatic rings. The second-order valence-electron chi connectivity index (χ2n) is 5.12. The molecule has 0 bridgehead atoms. The van der Waals surface area contributed by atoms with Crippen molar-refractivity contribution in [3.05, 3.63) is 71.0 Å². The summed E-state index contributed by atoms with van der Waals surface area (Å²) in [5.74, 6) is 0.627. The zero-order valence-corrected chi connectivity index (χ0v) is 14.5. The summed E-state index contributed by atoms with van der Waals surface area (Å²) in [6.45, 7) is 0. The standard InChI is InChI=1S/C17H15BrN4O2/c1-22-11-19-21-17(22)20-16(23)15(12-6-3-2-4-7-12)24-14-9-5-8-13(18)10-14/h2-11,15H,1H3,(H,20,21,23)/t15-/m0/s1. The Bertz CT molecular complexity index is 835. The number of nitrogens with zero attached hydrogens (tertiary/aromatic N) is 3. The number of nitrogens with one attached hydrogen (secondary N) is 1. The number of carbonyl (C=O) groups is 1. The Balaban J connectivity index is 1.87. The maximum Gasteiger partial charge on any atom is 0.272 e. The summed E-state index contributed by atoms with van der Waals surface area (Å²) in [5.41, 5.74) is 0.747. The van der Waals surface area contributed by atoms with E-state index in [4.69, 9.17) is 4.74 Å². The number of carbonyl (C=O) groups excluding carboxylic acids is 1. The number of halogens is 1. The molecule has 3 rings (SSSR count). The molecule has 6 nitrogen and oxygen atoms in total. The van der Waals surface area contributed by atoms with Crippen molar-refractivity contribution in [1.82, 2.24) is 14.8 Å². The van der Waals surface area contributed by atoms with Crippen molar-refractivity contribution in [2.45, 2.75) is 6.10 Å². The Kier molecular flexibility index (Phi) is 4.90. The largest absolute Gasteiger partial charge is 0.476 e. The molecule has 0 aliphatic carbocycles. The van der Waals surface area contributed by atoms with Gasteiger partial charge in [-0.05, 0) is 18.2 Å². The number of anilines is 1. The maximum atomic E-state index is 12.7. The molecule has 0 unspecified atom stereocenters. The van der Waals surface area contributed by atoms with Gasteiger partial charge in [-0.25, -0.2) is 0 Å². The molecule has 0 spiro atoms. The lowest BCUT2D eigenvalue weighted by Crippen LogP contribution is -2.27. The van der Waals surface area contributed by atoms with Crippen LogP contribution in [0.4, 0.5) is 5.95 Å². The van der Waals surface area contributed by atoms with Gasteiger partial charge in [0.15, 0.2) is 0 Å². The fourth-order valence-corrected chi connectivity index (χ4v) is 2.53. The van der Waals surface area contributed by atoms with E-state index >= 15 is 0 Å². The number of benzene rings is 2. The van der Waals surface area contributed by atoms with Crippen LogP contribution < -0.4 is 10.1 Å². The molecule has 0 saturated heterocycles. The molecule has 0 aliphatic heterocycles. The first kappa shape index (κ1) is 16.2. The van der Waals surface area contributed by atoms with E-state index in [1.807, 2.05) is 48.5 Å². The monoisotopic (exact) mass is 386 g/mol. The van der Waals surface area contributed by atoms with Gasteiger partial charge in [-0.15, -0.1) is 10.2 Å². The van der Waals surface area contributed by atoms with Crippen molar-refractivity contribution in [2.75, 3.05) is 5.32 Å². The molecular weight excluding hydrogens is 372 g/mol. The van der Waals surface area contributed by atoms with Crippen LogP contribution in [0.1, 0.15) is 11.7 Å². The second-order valence-corrected chi connectivity index (χ2v) is 6.04.